The monoisotopic (exact) mass is 392 g/mol. The molecule has 0 bridgehead atoms. The van der Waals surface area contributed by atoms with Gasteiger partial charge in [0, 0.05) is 12.4 Å². The summed E-state index contributed by atoms with van der Waals surface area (Å²) in [4.78, 5) is 36.0. The van der Waals surface area contributed by atoms with E-state index in [2.05, 4.69) is 20.2 Å². The highest BCUT2D eigenvalue weighted by Crippen LogP contribution is 2.12. The van der Waals surface area contributed by atoms with Crippen molar-refractivity contribution in [3.63, 3.8) is 0 Å². The molecule has 0 atom stereocenters. The van der Waals surface area contributed by atoms with Crippen LogP contribution in [0.4, 0.5) is 11.4 Å². The van der Waals surface area contributed by atoms with Gasteiger partial charge in [0.1, 0.15) is 0 Å². The summed E-state index contributed by atoms with van der Waals surface area (Å²) >= 11 is 0. The van der Waals surface area contributed by atoms with Gasteiger partial charge in [-0.3, -0.25) is 9.59 Å². The van der Waals surface area contributed by atoms with Gasteiger partial charge in [-0.2, -0.15) is 0 Å². The van der Waals surface area contributed by atoms with Crippen LogP contribution in [0.15, 0.2) is 105 Å². The highest BCUT2D eigenvalue weighted by molar-refractivity contribution is 5.96. The number of para-hydroxylation sites is 2. The first-order chi connectivity index (χ1) is 14.7. The van der Waals surface area contributed by atoms with Crippen LogP contribution in [0.2, 0.25) is 0 Å². The fraction of sp³-hybridized carbons (Fsp3) is 0. The number of nitrogens with zero attached hydrogens (tertiary/aromatic N) is 2. The molecular formula is C24H16N4O2. The van der Waals surface area contributed by atoms with Gasteiger partial charge in [-0.15, -0.1) is 0 Å². The Morgan fingerprint density at radius 3 is 1.33 bits per heavy atom. The number of benzene rings is 4. The standard InChI is InChI=1S/C24H16N4O2/c29-23-17-13-25-26-14-18(17)24(30)22-20(28-16-9-5-2-6-10-16)12-11-19(21(22)23)27-15-7-3-1-4-8-15/h1-14,25-26H. The molecule has 5 aromatic rings. The average Bonchev–Trinajstić information content (AvgIpc) is 2.80. The molecule has 0 saturated heterocycles. The minimum absolute atomic E-state index is 0.260. The maximum Gasteiger partial charge on any atom is 0.198 e. The molecule has 0 spiro atoms. The lowest BCUT2D eigenvalue weighted by Crippen LogP contribution is -2.26. The maximum atomic E-state index is 13.4. The third-order valence-electron chi connectivity index (χ3n) is 4.92. The van der Waals surface area contributed by atoms with Crippen LogP contribution >= 0.6 is 0 Å². The van der Waals surface area contributed by atoms with Gasteiger partial charge >= 0.3 is 0 Å². The Balaban J connectivity index is 2.00. The first-order valence-electron chi connectivity index (χ1n) is 9.44. The van der Waals surface area contributed by atoms with Crippen LogP contribution < -0.4 is 21.6 Å². The third-order valence-corrected chi connectivity index (χ3v) is 4.92. The van der Waals surface area contributed by atoms with E-state index in [1.165, 1.54) is 12.4 Å². The topological polar surface area (TPSA) is 90.4 Å². The smallest absolute Gasteiger partial charge is 0.198 e. The number of nitrogens with one attached hydrogen (secondary N) is 2. The van der Waals surface area contributed by atoms with E-state index < -0.39 is 0 Å². The Morgan fingerprint density at radius 2 is 0.933 bits per heavy atom. The van der Waals surface area contributed by atoms with Crippen molar-refractivity contribution in [2.75, 3.05) is 0 Å². The van der Waals surface area contributed by atoms with Crippen molar-refractivity contribution in [3.8, 4) is 0 Å². The zero-order valence-corrected chi connectivity index (χ0v) is 15.8. The number of fused-ring (bicyclic) bond motifs is 2. The van der Waals surface area contributed by atoms with Gasteiger partial charge in [0.05, 0.1) is 43.6 Å². The summed E-state index contributed by atoms with van der Waals surface area (Å²) in [6.07, 6.45) is 3.01. The maximum absolute atomic E-state index is 13.4. The van der Waals surface area contributed by atoms with Gasteiger partial charge in [-0.25, -0.2) is 9.98 Å². The molecule has 0 aliphatic carbocycles. The van der Waals surface area contributed by atoms with Gasteiger partial charge in [0.2, 0.25) is 0 Å². The number of rotatable bonds is 2. The number of hydrogen-bond acceptors (Lipinski definition) is 4. The van der Waals surface area contributed by atoms with E-state index >= 15 is 0 Å². The van der Waals surface area contributed by atoms with E-state index in [1.807, 2.05) is 60.7 Å². The Bertz CT molecular complexity index is 1500. The number of aromatic nitrogens is 2. The second kappa shape index (κ2) is 7.25. The minimum Gasteiger partial charge on any atom is -0.308 e. The second-order valence-electron chi connectivity index (χ2n) is 6.81. The molecule has 0 fully saturated rings. The molecule has 30 heavy (non-hydrogen) atoms. The van der Waals surface area contributed by atoms with Gasteiger partial charge in [0.25, 0.3) is 0 Å². The van der Waals surface area contributed by atoms with E-state index in [9.17, 15) is 9.59 Å². The first-order valence-corrected chi connectivity index (χ1v) is 9.44. The predicted octanol–water partition coefficient (Wildman–Crippen LogP) is 3.27. The molecule has 0 unspecified atom stereocenters. The zero-order chi connectivity index (χ0) is 20.5. The lowest BCUT2D eigenvalue weighted by atomic mass is 10.0. The molecule has 0 aliphatic rings. The molecule has 6 heteroatoms. The van der Waals surface area contributed by atoms with Gasteiger partial charge in [-0.05, 0) is 36.4 Å². The summed E-state index contributed by atoms with van der Waals surface area (Å²) in [5.41, 5.74) is 0.882. The van der Waals surface area contributed by atoms with E-state index in [0.717, 1.165) is 0 Å². The molecule has 0 amide bonds. The molecule has 5 rings (SSSR count). The van der Waals surface area contributed by atoms with Crippen molar-refractivity contribution in [2.45, 2.75) is 0 Å². The van der Waals surface area contributed by atoms with Crippen LogP contribution in [0, 0.1) is 0 Å². The normalized spacial score (nSPS) is 12.7. The van der Waals surface area contributed by atoms with Crippen LogP contribution in [0.25, 0.3) is 21.5 Å². The van der Waals surface area contributed by atoms with Gasteiger partial charge in [0.15, 0.2) is 10.9 Å². The van der Waals surface area contributed by atoms with Gasteiger partial charge in [-0.1, -0.05) is 36.4 Å². The van der Waals surface area contributed by atoms with Crippen molar-refractivity contribution in [3.05, 3.63) is 116 Å². The number of H-pyrrole nitrogens is 2. The lowest BCUT2D eigenvalue weighted by molar-refractivity contribution is 1.05. The van der Waals surface area contributed by atoms with E-state index in [-0.39, 0.29) is 21.6 Å². The van der Waals surface area contributed by atoms with Crippen LogP contribution in [-0.2, 0) is 0 Å². The van der Waals surface area contributed by atoms with Crippen molar-refractivity contribution in [2.24, 2.45) is 9.98 Å². The molecule has 1 heterocycles. The molecule has 4 aromatic carbocycles. The summed E-state index contributed by atoms with van der Waals surface area (Å²) < 4.78 is 0. The van der Waals surface area contributed by atoms with E-state index in [1.54, 1.807) is 12.1 Å². The fourth-order valence-electron chi connectivity index (χ4n) is 3.54. The molecule has 0 aliphatic heterocycles. The molecule has 2 N–H and O–H groups in total. The largest absolute Gasteiger partial charge is 0.308 e. The predicted molar refractivity (Wildman–Crippen MR) is 117 cm³/mol. The average molecular weight is 392 g/mol. The van der Waals surface area contributed by atoms with Crippen molar-refractivity contribution in [1.29, 1.82) is 0 Å². The third kappa shape index (κ3) is 3.00. The summed E-state index contributed by atoms with van der Waals surface area (Å²) in [6.45, 7) is 0. The Labute approximate surface area is 169 Å². The quantitative estimate of drug-likeness (QED) is 0.452. The minimum atomic E-state index is -0.260. The van der Waals surface area contributed by atoms with Crippen molar-refractivity contribution < 1.29 is 0 Å². The van der Waals surface area contributed by atoms with Crippen LogP contribution in [0.5, 0.6) is 0 Å². The highest BCUT2D eigenvalue weighted by atomic mass is 16.1. The summed E-state index contributed by atoms with van der Waals surface area (Å²) in [6, 6.07) is 22.2. The van der Waals surface area contributed by atoms with Crippen LogP contribution in [-0.4, -0.2) is 10.2 Å². The van der Waals surface area contributed by atoms with Crippen molar-refractivity contribution >= 4 is 32.9 Å². The Morgan fingerprint density at radius 1 is 0.533 bits per heavy atom. The molecule has 0 radical (unpaired) electrons. The summed E-state index contributed by atoms with van der Waals surface area (Å²) in [5.74, 6) is 0. The fourth-order valence-corrected chi connectivity index (χ4v) is 3.54. The van der Waals surface area contributed by atoms with E-state index in [4.69, 9.17) is 0 Å². The van der Waals surface area contributed by atoms with Crippen LogP contribution in [0.1, 0.15) is 0 Å². The molecule has 144 valence electrons. The summed E-state index contributed by atoms with van der Waals surface area (Å²) in [7, 11) is 0. The Hall–Kier alpha value is -4.32. The van der Waals surface area contributed by atoms with E-state index in [0.29, 0.717) is 32.9 Å². The Kier molecular flexibility index (Phi) is 4.29. The molecule has 6 nitrogen and oxygen atoms in total. The summed E-state index contributed by atoms with van der Waals surface area (Å²) in [5, 5.41) is 7.60. The lowest BCUT2D eigenvalue weighted by Gasteiger charge is -2.03. The van der Waals surface area contributed by atoms with Crippen molar-refractivity contribution in [1.82, 2.24) is 10.2 Å². The first kappa shape index (κ1) is 17.8. The van der Waals surface area contributed by atoms with Crippen LogP contribution in [0.3, 0.4) is 0 Å². The zero-order valence-electron chi connectivity index (χ0n) is 15.8. The highest BCUT2D eigenvalue weighted by Gasteiger charge is 2.14. The molecule has 1 aromatic heterocycles. The van der Waals surface area contributed by atoms with Gasteiger partial charge < -0.3 is 10.2 Å². The number of hydrogen-bond donors (Lipinski definition) is 2. The number of aromatic amines is 2. The second-order valence-corrected chi connectivity index (χ2v) is 6.81. The SMILES string of the molecule is O=c1c2c[nH][nH]cc2c(=O)c2c(=Nc3ccccc3)ccc(=Nc3ccccc3)c12. The molecular weight excluding hydrogens is 376 g/mol. The molecule has 0 saturated carbocycles.